The van der Waals surface area contributed by atoms with Gasteiger partial charge in [-0.2, -0.15) is 0 Å². The monoisotopic (exact) mass is 275 g/mol. The van der Waals surface area contributed by atoms with E-state index in [0.29, 0.717) is 5.69 Å². The van der Waals surface area contributed by atoms with Crippen LogP contribution in [0.2, 0.25) is 0 Å². The van der Waals surface area contributed by atoms with Crippen LogP contribution >= 0.6 is 15.9 Å². The predicted molar refractivity (Wildman–Crippen MR) is 59.7 cm³/mol. The SMILES string of the molecule is O=S(=O)(Nc1ccccc1Br)C1CC1. The maximum absolute atomic E-state index is 11.6. The molecule has 0 aliphatic heterocycles. The van der Waals surface area contributed by atoms with Gasteiger partial charge in [0.2, 0.25) is 10.0 Å². The van der Waals surface area contributed by atoms with E-state index in [-0.39, 0.29) is 5.25 Å². The Labute approximate surface area is 91.7 Å². The number of rotatable bonds is 3. The zero-order chi connectivity index (χ0) is 10.2. The van der Waals surface area contributed by atoms with E-state index in [2.05, 4.69) is 20.7 Å². The lowest BCUT2D eigenvalue weighted by molar-refractivity contribution is 0.600. The van der Waals surface area contributed by atoms with E-state index in [1.165, 1.54) is 0 Å². The lowest BCUT2D eigenvalue weighted by Crippen LogP contribution is -2.17. The molecule has 3 nitrogen and oxygen atoms in total. The average molecular weight is 276 g/mol. The molecule has 1 fully saturated rings. The summed E-state index contributed by atoms with van der Waals surface area (Å²) in [6.07, 6.45) is 1.56. The summed E-state index contributed by atoms with van der Waals surface area (Å²) in [4.78, 5) is 0. The fourth-order valence-electron chi connectivity index (χ4n) is 1.16. The number of halogens is 1. The second-order valence-electron chi connectivity index (χ2n) is 3.33. The van der Waals surface area contributed by atoms with Crippen molar-refractivity contribution in [2.24, 2.45) is 0 Å². The Morgan fingerprint density at radius 2 is 1.93 bits per heavy atom. The molecule has 1 aromatic rings. The molecule has 0 radical (unpaired) electrons. The van der Waals surface area contributed by atoms with Gasteiger partial charge in [0.15, 0.2) is 0 Å². The van der Waals surface area contributed by atoms with Gasteiger partial charge < -0.3 is 0 Å². The molecule has 1 saturated carbocycles. The molecule has 2 rings (SSSR count). The molecule has 76 valence electrons. The predicted octanol–water partition coefficient (Wildman–Crippen LogP) is 2.35. The van der Waals surface area contributed by atoms with Crippen LogP contribution in [-0.2, 0) is 10.0 Å². The van der Waals surface area contributed by atoms with E-state index in [4.69, 9.17) is 0 Å². The van der Waals surface area contributed by atoms with Crippen LogP contribution in [0.25, 0.3) is 0 Å². The number of benzene rings is 1. The van der Waals surface area contributed by atoms with Gasteiger partial charge in [0.05, 0.1) is 10.9 Å². The Morgan fingerprint density at radius 3 is 2.50 bits per heavy atom. The maximum Gasteiger partial charge on any atom is 0.235 e. The smallest absolute Gasteiger partial charge is 0.235 e. The third-order valence-electron chi connectivity index (χ3n) is 2.09. The second-order valence-corrected chi connectivity index (χ2v) is 6.14. The minimum absolute atomic E-state index is 0.186. The van der Waals surface area contributed by atoms with E-state index in [1.54, 1.807) is 12.1 Å². The Balaban J connectivity index is 2.22. The molecule has 0 spiro atoms. The molecule has 0 heterocycles. The summed E-state index contributed by atoms with van der Waals surface area (Å²) >= 11 is 3.29. The van der Waals surface area contributed by atoms with Gasteiger partial charge in [-0.15, -0.1) is 0 Å². The van der Waals surface area contributed by atoms with Gasteiger partial charge in [0.25, 0.3) is 0 Å². The number of para-hydroxylation sites is 1. The van der Waals surface area contributed by atoms with E-state index >= 15 is 0 Å². The molecular formula is C9H10BrNO2S. The van der Waals surface area contributed by atoms with E-state index in [9.17, 15) is 8.42 Å². The van der Waals surface area contributed by atoms with Crippen molar-refractivity contribution >= 4 is 31.6 Å². The van der Waals surface area contributed by atoms with Crippen LogP contribution in [0.3, 0.4) is 0 Å². The van der Waals surface area contributed by atoms with Crippen molar-refractivity contribution in [2.75, 3.05) is 4.72 Å². The number of hydrogen-bond donors (Lipinski definition) is 1. The second kappa shape index (κ2) is 3.55. The van der Waals surface area contributed by atoms with Crippen molar-refractivity contribution in [3.63, 3.8) is 0 Å². The molecule has 1 aromatic carbocycles. The van der Waals surface area contributed by atoms with Crippen LogP contribution in [0.15, 0.2) is 28.7 Å². The van der Waals surface area contributed by atoms with Gasteiger partial charge in [0, 0.05) is 4.47 Å². The van der Waals surface area contributed by atoms with Gasteiger partial charge in [0.1, 0.15) is 0 Å². The highest BCUT2D eigenvalue weighted by atomic mass is 79.9. The van der Waals surface area contributed by atoms with Crippen LogP contribution in [0, 0.1) is 0 Å². The highest BCUT2D eigenvalue weighted by Gasteiger charge is 2.35. The summed E-state index contributed by atoms with van der Waals surface area (Å²) in [7, 11) is -3.14. The van der Waals surface area contributed by atoms with Crippen molar-refractivity contribution in [3.8, 4) is 0 Å². The topological polar surface area (TPSA) is 46.2 Å². The number of nitrogens with one attached hydrogen (secondary N) is 1. The summed E-state index contributed by atoms with van der Waals surface area (Å²) in [6.45, 7) is 0. The van der Waals surface area contributed by atoms with Crippen molar-refractivity contribution in [1.29, 1.82) is 0 Å². The van der Waals surface area contributed by atoms with Gasteiger partial charge >= 0.3 is 0 Å². The van der Waals surface area contributed by atoms with E-state index in [0.717, 1.165) is 17.3 Å². The number of anilines is 1. The number of sulfonamides is 1. The first-order valence-corrected chi connectivity index (χ1v) is 6.70. The molecule has 0 saturated heterocycles. The van der Waals surface area contributed by atoms with Crippen LogP contribution in [-0.4, -0.2) is 13.7 Å². The summed E-state index contributed by atoms with van der Waals surface area (Å²) in [6, 6.07) is 7.20. The molecule has 0 amide bonds. The van der Waals surface area contributed by atoms with Gasteiger partial charge in [-0.1, -0.05) is 12.1 Å². The lowest BCUT2D eigenvalue weighted by atomic mass is 10.3. The molecule has 0 unspecified atom stereocenters. The lowest BCUT2D eigenvalue weighted by Gasteiger charge is -2.07. The minimum Gasteiger partial charge on any atom is -0.282 e. The summed E-state index contributed by atoms with van der Waals surface area (Å²) in [5, 5.41) is -0.186. The molecule has 0 bridgehead atoms. The molecule has 0 atom stereocenters. The van der Waals surface area contributed by atoms with Crippen molar-refractivity contribution in [1.82, 2.24) is 0 Å². The summed E-state index contributed by atoms with van der Waals surface area (Å²) in [5.74, 6) is 0. The molecule has 1 aliphatic rings. The Bertz CT molecular complexity index is 440. The molecule has 1 aliphatic carbocycles. The molecule has 14 heavy (non-hydrogen) atoms. The standard InChI is InChI=1S/C9H10BrNO2S/c10-8-3-1-2-4-9(8)11-14(12,13)7-5-6-7/h1-4,7,11H,5-6H2. The largest absolute Gasteiger partial charge is 0.282 e. The third-order valence-corrected chi connectivity index (χ3v) is 4.63. The molecule has 1 N–H and O–H groups in total. The first kappa shape index (κ1) is 9.98. The Hall–Kier alpha value is -0.550. The molecule has 5 heteroatoms. The highest BCUT2D eigenvalue weighted by Crippen LogP contribution is 2.31. The van der Waals surface area contributed by atoms with Gasteiger partial charge in [-0.3, -0.25) is 4.72 Å². The summed E-state index contributed by atoms with van der Waals surface area (Å²) in [5.41, 5.74) is 0.611. The fourth-order valence-corrected chi connectivity index (χ4v) is 3.08. The van der Waals surface area contributed by atoms with Crippen molar-refractivity contribution in [2.45, 2.75) is 18.1 Å². The van der Waals surface area contributed by atoms with Crippen LogP contribution < -0.4 is 4.72 Å². The molecular weight excluding hydrogens is 266 g/mol. The summed E-state index contributed by atoms with van der Waals surface area (Å²) < 4.78 is 26.5. The van der Waals surface area contributed by atoms with Gasteiger partial charge in [-0.25, -0.2) is 8.42 Å². The Kier molecular flexibility index (Phi) is 2.53. The first-order chi connectivity index (χ1) is 6.59. The highest BCUT2D eigenvalue weighted by molar-refractivity contribution is 9.10. The van der Waals surface area contributed by atoms with E-state index in [1.807, 2.05) is 12.1 Å². The van der Waals surface area contributed by atoms with E-state index < -0.39 is 10.0 Å². The third kappa shape index (κ3) is 2.09. The quantitative estimate of drug-likeness (QED) is 0.921. The van der Waals surface area contributed by atoms with Crippen LogP contribution in [0.5, 0.6) is 0 Å². The molecule has 0 aromatic heterocycles. The maximum atomic E-state index is 11.6. The van der Waals surface area contributed by atoms with Crippen LogP contribution in [0.4, 0.5) is 5.69 Å². The Morgan fingerprint density at radius 1 is 1.29 bits per heavy atom. The first-order valence-electron chi connectivity index (χ1n) is 4.36. The van der Waals surface area contributed by atoms with Crippen molar-refractivity contribution < 1.29 is 8.42 Å². The number of hydrogen-bond acceptors (Lipinski definition) is 2. The minimum atomic E-state index is -3.14. The normalized spacial score (nSPS) is 16.6. The zero-order valence-corrected chi connectivity index (χ0v) is 9.81. The van der Waals surface area contributed by atoms with Crippen molar-refractivity contribution in [3.05, 3.63) is 28.7 Å². The van der Waals surface area contributed by atoms with Gasteiger partial charge in [-0.05, 0) is 40.9 Å². The zero-order valence-electron chi connectivity index (χ0n) is 7.40. The van der Waals surface area contributed by atoms with Crippen LogP contribution in [0.1, 0.15) is 12.8 Å². The fraction of sp³-hybridized carbons (Fsp3) is 0.333. The average Bonchev–Trinajstić information content (AvgIpc) is 2.91.